The molecule has 262 valence electrons. The van der Waals surface area contributed by atoms with Crippen molar-refractivity contribution in [2.75, 3.05) is 0 Å². The van der Waals surface area contributed by atoms with Crippen molar-refractivity contribution >= 4 is 0 Å². The second kappa shape index (κ2) is 12.9. The number of benzene rings is 8. The summed E-state index contributed by atoms with van der Waals surface area (Å²) in [4.78, 5) is 10.3. The molecule has 0 amide bonds. The van der Waals surface area contributed by atoms with Crippen molar-refractivity contribution < 1.29 is 4.74 Å². The first-order chi connectivity index (χ1) is 27.8. The van der Waals surface area contributed by atoms with E-state index in [9.17, 15) is 0 Å². The maximum atomic E-state index is 6.95. The number of aromatic nitrogens is 2. The zero-order chi connectivity index (χ0) is 37.1. The lowest BCUT2D eigenvalue weighted by atomic mass is 9.65. The van der Waals surface area contributed by atoms with Crippen molar-refractivity contribution in [1.29, 1.82) is 0 Å². The summed E-state index contributed by atoms with van der Waals surface area (Å²) in [5.41, 5.74) is 16.1. The fourth-order valence-electron chi connectivity index (χ4n) is 8.95. The van der Waals surface area contributed by atoms with Crippen molar-refractivity contribution in [1.82, 2.24) is 9.97 Å². The van der Waals surface area contributed by atoms with Crippen LogP contribution in [-0.4, -0.2) is 9.97 Å². The standard InChI is InChI=1S/C53H34N2O/c1-3-16-37(17-4-1)48-34-49(38-18-5-2-6-19-38)55-52(54-48)43-23-8-7-20-39(43)35-30-32-36(33-31-35)40-24-15-28-47-51(40)56-50-29-14-13-27-46(50)53(47)44-25-11-9-21-41(44)42-22-10-12-26-45(42)53/h1-34H. The quantitative estimate of drug-likeness (QED) is 0.178. The molecule has 0 saturated heterocycles. The van der Waals surface area contributed by atoms with Crippen LogP contribution in [0.3, 0.4) is 0 Å². The van der Waals surface area contributed by atoms with Gasteiger partial charge in [-0.2, -0.15) is 0 Å². The van der Waals surface area contributed by atoms with E-state index in [1.54, 1.807) is 0 Å². The average molecular weight is 715 g/mol. The van der Waals surface area contributed by atoms with Gasteiger partial charge in [0, 0.05) is 33.4 Å². The molecule has 56 heavy (non-hydrogen) atoms. The minimum Gasteiger partial charge on any atom is -0.456 e. The second-order valence-electron chi connectivity index (χ2n) is 14.4. The van der Waals surface area contributed by atoms with Gasteiger partial charge in [-0.1, -0.05) is 194 Å². The van der Waals surface area contributed by atoms with Crippen LogP contribution in [0.5, 0.6) is 11.5 Å². The van der Waals surface area contributed by atoms with Crippen LogP contribution < -0.4 is 4.74 Å². The van der Waals surface area contributed by atoms with E-state index in [1.807, 2.05) is 36.4 Å². The van der Waals surface area contributed by atoms with E-state index in [0.717, 1.165) is 67.4 Å². The molecule has 3 nitrogen and oxygen atoms in total. The molecule has 0 N–H and O–H groups in total. The summed E-state index contributed by atoms with van der Waals surface area (Å²) in [5.74, 6) is 2.47. The Labute approximate surface area is 326 Å². The van der Waals surface area contributed by atoms with Crippen LogP contribution in [0.4, 0.5) is 0 Å². The van der Waals surface area contributed by atoms with E-state index in [0.29, 0.717) is 5.82 Å². The number of ether oxygens (including phenoxy) is 1. The summed E-state index contributed by atoms with van der Waals surface area (Å²) in [5, 5.41) is 0. The third kappa shape index (κ3) is 4.91. The van der Waals surface area contributed by atoms with E-state index in [1.165, 1.54) is 27.8 Å². The molecule has 1 aliphatic carbocycles. The molecule has 0 fully saturated rings. The molecule has 0 radical (unpaired) electrons. The van der Waals surface area contributed by atoms with Crippen LogP contribution in [-0.2, 0) is 5.41 Å². The highest BCUT2D eigenvalue weighted by atomic mass is 16.5. The zero-order valence-corrected chi connectivity index (χ0v) is 30.4. The maximum Gasteiger partial charge on any atom is 0.161 e. The molecule has 0 bridgehead atoms. The summed E-state index contributed by atoms with van der Waals surface area (Å²) < 4.78 is 6.95. The van der Waals surface area contributed by atoms with E-state index >= 15 is 0 Å². The maximum absolute atomic E-state index is 6.95. The molecule has 2 aliphatic rings. The molecule has 3 heteroatoms. The molecular weight excluding hydrogens is 681 g/mol. The summed E-state index contributed by atoms with van der Waals surface area (Å²) >= 11 is 0. The number of hydrogen-bond acceptors (Lipinski definition) is 3. The molecule has 0 atom stereocenters. The Balaban J connectivity index is 1.04. The minimum atomic E-state index is -0.501. The van der Waals surface area contributed by atoms with Crippen molar-refractivity contribution in [2.45, 2.75) is 5.41 Å². The third-order valence-corrected chi connectivity index (χ3v) is 11.4. The topological polar surface area (TPSA) is 35.0 Å². The number of rotatable bonds is 5. The number of fused-ring (bicyclic) bond motifs is 9. The number of hydrogen-bond donors (Lipinski definition) is 0. The van der Waals surface area contributed by atoms with E-state index in [4.69, 9.17) is 14.7 Å². The lowest BCUT2D eigenvalue weighted by Gasteiger charge is -2.40. The van der Waals surface area contributed by atoms with Crippen LogP contribution >= 0.6 is 0 Å². The van der Waals surface area contributed by atoms with E-state index < -0.39 is 5.41 Å². The fraction of sp³-hybridized carbons (Fsp3) is 0.0189. The third-order valence-electron chi connectivity index (χ3n) is 11.4. The summed E-state index contributed by atoms with van der Waals surface area (Å²) in [6.07, 6.45) is 0. The lowest BCUT2D eigenvalue weighted by Crippen LogP contribution is -2.32. The highest BCUT2D eigenvalue weighted by molar-refractivity contribution is 5.91. The smallest absolute Gasteiger partial charge is 0.161 e. The lowest BCUT2D eigenvalue weighted by molar-refractivity contribution is 0.438. The zero-order valence-electron chi connectivity index (χ0n) is 30.4. The summed E-state index contributed by atoms with van der Waals surface area (Å²) in [7, 11) is 0. The SMILES string of the molecule is c1ccc(-c2cc(-c3ccccc3)nc(-c3ccccc3-c3ccc(-c4cccc5c4Oc4ccccc4C54c5ccccc5-c5ccccc54)cc3)n2)cc1. The molecular formula is C53H34N2O. The fourth-order valence-corrected chi connectivity index (χ4v) is 8.95. The monoisotopic (exact) mass is 714 g/mol. The second-order valence-corrected chi connectivity index (χ2v) is 14.4. The van der Waals surface area contributed by atoms with Crippen LogP contribution in [0.2, 0.25) is 0 Å². The Hall–Kier alpha value is -7.36. The predicted molar refractivity (Wildman–Crippen MR) is 227 cm³/mol. The molecule has 1 spiro atoms. The normalized spacial score (nSPS) is 12.9. The van der Waals surface area contributed by atoms with Gasteiger partial charge in [0.1, 0.15) is 11.5 Å². The van der Waals surface area contributed by atoms with Gasteiger partial charge in [-0.05, 0) is 51.1 Å². The molecule has 2 heterocycles. The Morgan fingerprint density at radius 2 is 0.768 bits per heavy atom. The van der Waals surface area contributed by atoms with E-state index in [-0.39, 0.29) is 0 Å². The number of nitrogens with zero attached hydrogens (tertiary/aromatic N) is 2. The molecule has 8 aromatic carbocycles. The van der Waals surface area contributed by atoms with Crippen molar-refractivity contribution in [3.8, 4) is 78.8 Å². The van der Waals surface area contributed by atoms with Gasteiger partial charge >= 0.3 is 0 Å². The van der Waals surface area contributed by atoms with Gasteiger partial charge in [0.05, 0.1) is 16.8 Å². The minimum absolute atomic E-state index is 0.501. The Bertz CT molecular complexity index is 2830. The highest BCUT2D eigenvalue weighted by Crippen LogP contribution is 2.63. The highest BCUT2D eigenvalue weighted by Gasteiger charge is 2.51. The molecule has 0 saturated carbocycles. The first-order valence-corrected chi connectivity index (χ1v) is 19.1. The molecule has 1 aromatic heterocycles. The Morgan fingerprint density at radius 1 is 0.321 bits per heavy atom. The Morgan fingerprint density at radius 3 is 1.38 bits per heavy atom. The van der Waals surface area contributed by atoms with Gasteiger partial charge in [0.15, 0.2) is 5.82 Å². The van der Waals surface area contributed by atoms with E-state index in [2.05, 4.69) is 170 Å². The number of para-hydroxylation sites is 2. The van der Waals surface area contributed by atoms with Gasteiger partial charge < -0.3 is 4.74 Å². The van der Waals surface area contributed by atoms with Gasteiger partial charge in [-0.25, -0.2) is 9.97 Å². The first-order valence-electron chi connectivity index (χ1n) is 19.1. The molecule has 1 aliphatic heterocycles. The first kappa shape index (κ1) is 32.1. The summed E-state index contributed by atoms with van der Waals surface area (Å²) in [6, 6.07) is 72.9. The average Bonchev–Trinajstić information content (AvgIpc) is 3.57. The predicted octanol–water partition coefficient (Wildman–Crippen LogP) is 13.3. The van der Waals surface area contributed by atoms with Gasteiger partial charge in [-0.15, -0.1) is 0 Å². The molecule has 9 aromatic rings. The van der Waals surface area contributed by atoms with Crippen LogP contribution in [0.1, 0.15) is 22.3 Å². The van der Waals surface area contributed by atoms with Gasteiger partial charge in [0.25, 0.3) is 0 Å². The van der Waals surface area contributed by atoms with Crippen LogP contribution in [0.15, 0.2) is 206 Å². The Kier molecular flexibility index (Phi) is 7.39. The molecule has 0 unspecified atom stereocenters. The van der Waals surface area contributed by atoms with Crippen LogP contribution in [0, 0.1) is 0 Å². The van der Waals surface area contributed by atoms with Gasteiger partial charge in [0.2, 0.25) is 0 Å². The van der Waals surface area contributed by atoms with Crippen molar-refractivity contribution in [3.05, 3.63) is 229 Å². The molecule has 11 rings (SSSR count). The van der Waals surface area contributed by atoms with Gasteiger partial charge in [-0.3, -0.25) is 0 Å². The summed E-state index contributed by atoms with van der Waals surface area (Å²) in [6.45, 7) is 0. The van der Waals surface area contributed by atoms with Crippen LogP contribution in [0.25, 0.3) is 67.3 Å². The largest absolute Gasteiger partial charge is 0.456 e. The van der Waals surface area contributed by atoms with Crippen molar-refractivity contribution in [2.24, 2.45) is 0 Å². The van der Waals surface area contributed by atoms with Crippen molar-refractivity contribution in [3.63, 3.8) is 0 Å².